The molecule has 0 aromatic heterocycles. The lowest BCUT2D eigenvalue weighted by Crippen LogP contribution is -2.58. The third-order valence-electron chi connectivity index (χ3n) is 3.77. The van der Waals surface area contributed by atoms with E-state index in [9.17, 15) is 0 Å². The highest BCUT2D eigenvalue weighted by Crippen LogP contribution is 2.42. The van der Waals surface area contributed by atoms with Gasteiger partial charge in [0.2, 0.25) is 5.66 Å². The summed E-state index contributed by atoms with van der Waals surface area (Å²) < 4.78 is 0. The van der Waals surface area contributed by atoms with Crippen molar-refractivity contribution in [2.75, 3.05) is 6.54 Å². The molecule has 2 unspecified atom stereocenters. The van der Waals surface area contributed by atoms with Crippen molar-refractivity contribution in [3.63, 3.8) is 0 Å². The lowest BCUT2D eigenvalue weighted by molar-refractivity contribution is 0.211. The number of amidine groups is 1. The van der Waals surface area contributed by atoms with E-state index in [1.807, 2.05) is 13.1 Å². The van der Waals surface area contributed by atoms with Crippen LogP contribution in [0.2, 0.25) is 0 Å². The second-order valence-electron chi connectivity index (χ2n) is 5.66. The zero-order valence-corrected chi connectivity index (χ0v) is 11.6. The number of nitrogens with one attached hydrogen (secondary N) is 1. The van der Waals surface area contributed by atoms with E-state index in [4.69, 9.17) is 10.4 Å². The molecule has 5 nitrogen and oxygen atoms in total. The van der Waals surface area contributed by atoms with E-state index in [1.54, 1.807) is 6.21 Å². The summed E-state index contributed by atoms with van der Waals surface area (Å²) in [5.74, 6) is 1.47. The number of allylic oxidation sites excluding steroid dienone is 1. The normalized spacial score (nSPS) is 32.3. The van der Waals surface area contributed by atoms with Gasteiger partial charge in [0.25, 0.3) is 0 Å². The van der Waals surface area contributed by atoms with Gasteiger partial charge >= 0.3 is 0 Å². The molecule has 3 rings (SSSR count). The van der Waals surface area contributed by atoms with Gasteiger partial charge in [0.1, 0.15) is 6.04 Å². The number of dihydropyridines is 1. The molecule has 0 aliphatic carbocycles. The molecule has 0 saturated heterocycles. The highest BCUT2D eigenvalue weighted by molar-refractivity contribution is 6.34. The number of hydrogen-bond acceptors (Lipinski definition) is 5. The first-order valence-corrected chi connectivity index (χ1v) is 6.74. The Labute approximate surface area is 113 Å². The van der Waals surface area contributed by atoms with Crippen LogP contribution in [0.3, 0.4) is 0 Å². The molecule has 100 valence electrons. The summed E-state index contributed by atoms with van der Waals surface area (Å²) in [7, 11) is 0. The van der Waals surface area contributed by atoms with E-state index >= 15 is 0 Å². The van der Waals surface area contributed by atoms with E-state index in [-0.39, 0.29) is 6.04 Å². The lowest BCUT2D eigenvalue weighted by atomic mass is 9.88. The van der Waals surface area contributed by atoms with Crippen molar-refractivity contribution >= 4 is 24.0 Å². The smallest absolute Gasteiger partial charge is 0.203 e. The molecule has 0 radical (unpaired) electrons. The molecule has 3 aliphatic rings. The summed E-state index contributed by atoms with van der Waals surface area (Å²) in [6.45, 7) is 7.25. The fraction of sp³-hybridized carbons (Fsp3) is 0.571. The highest BCUT2D eigenvalue weighted by atomic mass is 15.4. The number of rotatable bonds is 2. The van der Waals surface area contributed by atoms with Crippen molar-refractivity contribution < 1.29 is 0 Å². The maximum absolute atomic E-state index is 8.11. The fourth-order valence-corrected chi connectivity index (χ4v) is 3.01. The summed E-state index contributed by atoms with van der Waals surface area (Å²) >= 11 is 0. The standard InChI is InChI=1S/C14H19N5/c1-9(2)8-19-10(3)18-13-11(15)7-16-12-5-4-6-17-14(12,13)19/h5-7,9,13,15H,4,8H2,1-3H3. The Morgan fingerprint density at radius 2 is 2.32 bits per heavy atom. The van der Waals surface area contributed by atoms with Crippen LogP contribution < -0.4 is 0 Å². The van der Waals surface area contributed by atoms with Gasteiger partial charge in [-0.1, -0.05) is 19.9 Å². The van der Waals surface area contributed by atoms with Crippen molar-refractivity contribution in [1.82, 2.24) is 4.90 Å². The molecule has 2 atom stereocenters. The third kappa shape index (κ3) is 1.60. The molecular weight excluding hydrogens is 238 g/mol. The third-order valence-corrected chi connectivity index (χ3v) is 3.77. The van der Waals surface area contributed by atoms with Crippen molar-refractivity contribution in [2.45, 2.75) is 38.9 Å². The van der Waals surface area contributed by atoms with Crippen LogP contribution >= 0.6 is 0 Å². The van der Waals surface area contributed by atoms with Crippen LogP contribution in [0.5, 0.6) is 0 Å². The summed E-state index contributed by atoms with van der Waals surface area (Å²) in [6, 6.07) is -0.244. The monoisotopic (exact) mass is 257 g/mol. The molecule has 5 heteroatoms. The maximum atomic E-state index is 8.11. The molecule has 3 heterocycles. The molecule has 19 heavy (non-hydrogen) atoms. The minimum absolute atomic E-state index is 0.244. The van der Waals surface area contributed by atoms with Gasteiger partial charge in [-0.05, 0) is 12.8 Å². The first-order valence-electron chi connectivity index (χ1n) is 6.74. The summed E-state index contributed by atoms with van der Waals surface area (Å²) in [4.78, 5) is 16.1. The van der Waals surface area contributed by atoms with Crippen LogP contribution in [0, 0.1) is 11.3 Å². The van der Waals surface area contributed by atoms with E-state index < -0.39 is 5.66 Å². The SMILES string of the molecule is CC1=NC2C(=N)C=NC3=CCC=NC32N1CC(C)C. The largest absolute Gasteiger partial charge is 0.329 e. The minimum atomic E-state index is -0.585. The van der Waals surface area contributed by atoms with Crippen LogP contribution in [0.25, 0.3) is 0 Å². The van der Waals surface area contributed by atoms with Crippen LogP contribution in [0.4, 0.5) is 0 Å². The van der Waals surface area contributed by atoms with E-state index in [2.05, 4.69) is 34.8 Å². The van der Waals surface area contributed by atoms with Gasteiger partial charge in [-0.3, -0.25) is 15.0 Å². The molecular formula is C14H19N5. The first-order chi connectivity index (χ1) is 9.05. The van der Waals surface area contributed by atoms with Gasteiger partial charge in [0.15, 0.2) is 0 Å². The Kier molecular flexibility index (Phi) is 2.66. The average Bonchev–Trinajstić information content (AvgIpc) is 2.64. The predicted octanol–water partition coefficient (Wildman–Crippen LogP) is 1.90. The van der Waals surface area contributed by atoms with Gasteiger partial charge in [-0.2, -0.15) is 0 Å². The highest BCUT2D eigenvalue weighted by Gasteiger charge is 2.55. The van der Waals surface area contributed by atoms with Gasteiger partial charge in [-0.15, -0.1) is 0 Å². The minimum Gasteiger partial charge on any atom is -0.329 e. The van der Waals surface area contributed by atoms with E-state index in [0.29, 0.717) is 11.6 Å². The Hall–Kier alpha value is -1.78. The Bertz CT molecular complexity index is 540. The second-order valence-corrected chi connectivity index (χ2v) is 5.66. The van der Waals surface area contributed by atoms with Crippen molar-refractivity contribution in [3.8, 4) is 0 Å². The van der Waals surface area contributed by atoms with E-state index in [1.165, 1.54) is 0 Å². The van der Waals surface area contributed by atoms with Crippen LogP contribution in [-0.2, 0) is 0 Å². The lowest BCUT2D eigenvalue weighted by Gasteiger charge is -2.43. The van der Waals surface area contributed by atoms with Gasteiger partial charge in [-0.25, -0.2) is 0 Å². The first kappa shape index (κ1) is 12.3. The zero-order chi connectivity index (χ0) is 13.6. The molecule has 1 N–H and O–H groups in total. The van der Waals surface area contributed by atoms with Crippen molar-refractivity contribution in [3.05, 3.63) is 11.8 Å². The predicted molar refractivity (Wildman–Crippen MR) is 78.6 cm³/mol. The molecule has 0 fully saturated rings. The topological polar surface area (TPSA) is 64.2 Å². The van der Waals surface area contributed by atoms with Crippen LogP contribution in [0.15, 0.2) is 26.8 Å². The number of hydrogen-bond donors (Lipinski definition) is 1. The number of aliphatic imine (C=N–C) groups is 3. The molecule has 0 aromatic carbocycles. The molecule has 0 saturated carbocycles. The molecule has 1 spiro atoms. The zero-order valence-electron chi connectivity index (χ0n) is 11.6. The summed E-state index contributed by atoms with van der Waals surface area (Å²) in [6.07, 6.45) is 6.45. The fourth-order valence-electron chi connectivity index (χ4n) is 3.01. The quantitative estimate of drug-likeness (QED) is 0.806. The maximum Gasteiger partial charge on any atom is 0.203 e. The van der Waals surface area contributed by atoms with Gasteiger partial charge in [0, 0.05) is 19.2 Å². The molecule has 0 bridgehead atoms. The molecule has 0 amide bonds. The second kappa shape index (κ2) is 4.11. The van der Waals surface area contributed by atoms with Crippen LogP contribution in [-0.4, -0.2) is 47.1 Å². The van der Waals surface area contributed by atoms with Crippen molar-refractivity contribution in [1.29, 1.82) is 5.41 Å². The Morgan fingerprint density at radius 3 is 3.05 bits per heavy atom. The van der Waals surface area contributed by atoms with Gasteiger partial charge < -0.3 is 10.3 Å². The Balaban J connectivity index is 2.12. The molecule has 3 aliphatic heterocycles. The van der Waals surface area contributed by atoms with E-state index in [0.717, 1.165) is 24.5 Å². The average molecular weight is 257 g/mol. The van der Waals surface area contributed by atoms with Gasteiger partial charge in [0.05, 0.1) is 23.5 Å². The molecule has 0 aromatic rings. The van der Waals surface area contributed by atoms with Crippen LogP contribution in [0.1, 0.15) is 27.2 Å². The Morgan fingerprint density at radius 1 is 1.53 bits per heavy atom. The summed E-state index contributed by atoms with van der Waals surface area (Å²) in [5.41, 5.74) is 0.803. The van der Waals surface area contributed by atoms with Crippen molar-refractivity contribution in [2.24, 2.45) is 20.9 Å². The summed E-state index contributed by atoms with van der Waals surface area (Å²) in [5, 5.41) is 8.11. The number of nitrogens with zero attached hydrogens (tertiary/aromatic N) is 4.